The molecular formula is C17H14FN3O2S2. The summed E-state index contributed by atoms with van der Waals surface area (Å²) in [6.07, 6.45) is 0. The van der Waals surface area contributed by atoms with E-state index in [0.717, 1.165) is 11.4 Å². The van der Waals surface area contributed by atoms with Gasteiger partial charge < -0.3 is 10.1 Å². The molecule has 3 rings (SSSR count). The van der Waals surface area contributed by atoms with Crippen molar-refractivity contribution in [2.75, 3.05) is 18.2 Å². The number of benzene rings is 2. The number of carbonyl (C=O) groups is 1. The average molecular weight is 375 g/mol. The van der Waals surface area contributed by atoms with Crippen molar-refractivity contribution in [1.29, 1.82) is 0 Å². The molecule has 1 heterocycles. The van der Waals surface area contributed by atoms with E-state index in [9.17, 15) is 9.18 Å². The van der Waals surface area contributed by atoms with Gasteiger partial charge in [0.1, 0.15) is 11.6 Å². The van der Waals surface area contributed by atoms with Crippen LogP contribution in [0.3, 0.4) is 0 Å². The summed E-state index contributed by atoms with van der Waals surface area (Å²) in [5.74, 6) is 0.0558. The van der Waals surface area contributed by atoms with Gasteiger partial charge in [0.05, 0.1) is 18.4 Å². The van der Waals surface area contributed by atoms with Crippen molar-refractivity contribution < 1.29 is 13.9 Å². The molecule has 0 fully saturated rings. The molecule has 0 spiro atoms. The molecule has 0 saturated carbocycles. The Kier molecular flexibility index (Phi) is 5.62. The summed E-state index contributed by atoms with van der Waals surface area (Å²) in [7, 11) is 1.60. The van der Waals surface area contributed by atoms with E-state index in [-0.39, 0.29) is 17.1 Å². The van der Waals surface area contributed by atoms with Gasteiger partial charge in [-0.2, -0.15) is 0 Å². The van der Waals surface area contributed by atoms with Gasteiger partial charge in [-0.15, -0.1) is 10.2 Å². The minimum absolute atomic E-state index is 0.0919. The van der Waals surface area contributed by atoms with Gasteiger partial charge in [0.25, 0.3) is 0 Å². The van der Waals surface area contributed by atoms with E-state index in [1.807, 2.05) is 24.3 Å². The van der Waals surface area contributed by atoms with E-state index in [4.69, 9.17) is 4.74 Å². The molecule has 0 aliphatic heterocycles. The number of carbonyl (C=O) groups excluding carboxylic acids is 1. The molecular weight excluding hydrogens is 361 g/mol. The third kappa shape index (κ3) is 4.55. The van der Waals surface area contributed by atoms with E-state index < -0.39 is 5.82 Å². The number of methoxy groups -OCH3 is 1. The predicted molar refractivity (Wildman–Crippen MR) is 97.6 cm³/mol. The number of rotatable bonds is 7. The van der Waals surface area contributed by atoms with Crippen LogP contribution in [-0.4, -0.2) is 28.8 Å². The number of ketones is 1. The molecule has 1 N–H and O–H groups in total. The lowest BCUT2D eigenvalue weighted by Crippen LogP contribution is -2.04. The second-order valence-electron chi connectivity index (χ2n) is 4.92. The Bertz CT molecular complexity index is 886. The summed E-state index contributed by atoms with van der Waals surface area (Å²) in [4.78, 5) is 12.1. The molecule has 1 aromatic heterocycles. The third-order valence-corrected chi connectivity index (χ3v) is 5.20. The number of ether oxygens (including phenoxy) is 1. The highest BCUT2D eigenvalue weighted by Gasteiger charge is 2.13. The maximum atomic E-state index is 13.6. The lowest BCUT2D eigenvalue weighted by Gasteiger charge is -2.04. The van der Waals surface area contributed by atoms with Crippen molar-refractivity contribution in [3.05, 3.63) is 59.9 Å². The van der Waals surface area contributed by atoms with Crippen LogP contribution in [-0.2, 0) is 0 Å². The number of anilines is 2. The molecule has 2 aromatic carbocycles. The number of nitrogens with one attached hydrogen (secondary N) is 1. The fraction of sp³-hybridized carbons (Fsp3) is 0.118. The van der Waals surface area contributed by atoms with Gasteiger partial charge in [0, 0.05) is 11.8 Å². The van der Waals surface area contributed by atoms with Gasteiger partial charge in [-0.05, 0) is 24.3 Å². The molecule has 128 valence electrons. The minimum atomic E-state index is -0.509. The molecule has 0 aliphatic carbocycles. The van der Waals surface area contributed by atoms with Crippen molar-refractivity contribution in [3.63, 3.8) is 0 Å². The summed E-state index contributed by atoms with van der Waals surface area (Å²) < 4.78 is 19.4. The SMILES string of the molecule is COc1cccc(Nc2nnc(SCC(=O)c3ccccc3F)s2)c1. The average Bonchev–Trinajstić information content (AvgIpc) is 3.07. The van der Waals surface area contributed by atoms with Crippen molar-refractivity contribution in [2.24, 2.45) is 0 Å². The zero-order chi connectivity index (χ0) is 17.6. The monoisotopic (exact) mass is 375 g/mol. The quantitative estimate of drug-likeness (QED) is 0.488. The molecule has 3 aromatic rings. The highest BCUT2D eigenvalue weighted by molar-refractivity contribution is 8.01. The highest BCUT2D eigenvalue weighted by atomic mass is 32.2. The van der Waals surface area contributed by atoms with Gasteiger partial charge in [0.15, 0.2) is 10.1 Å². The van der Waals surface area contributed by atoms with Crippen LogP contribution >= 0.6 is 23.1 Å². The summed E-state index contributed by atoms with van der Waals surface area (Å²) in [5.41, 5.74) is 0.920. The molecule has 0 aliphatic rings. The Morgan fingerprint density at radius 1 is 1.24 bits per heavy atom. The van der Waals surface area contributed by atoms with E-state index in [1.54, 1.807) is 19.2 Å². The summed E-state index contributed by atoms with van der Waals surface area (Å²) in [5, 5.41) is 11.8. The number of halogens is 1. The standard InChI is InChI=1S/C17H14FN3O2S2/c1-23-12-6-4-5-11(9-12)19-16-20-21-17(25-16)24-10-15(22)13-7-2-3-8-14(13)18/h2-9H,10H2,1H3,(H,19,20). The second kappa shape index (κ2) is 8.09. The Morgan fingerprint density at radius 3 is 2.88 bits per heavy atom. The lowest BCUT2D eigenvalue weighted by molar-refractivity contribution is 0.101. The molecule has 0 atom stereocenters. The van der Waals surface area contributed by atoms with Crippen LogP contribution in [0.2, 0.25) is 0 Å². The van der Waals surface area contributed by atoms with Crippen LogP contribution in [0.15, 0.2) is 52.9 Å². The Morgan fingerprint density at radius 2 is 2.08 bits per heavy atom. The van der Waals surface area contributed by atoms with Gasteiger partial charge in [-0.1, -0.05) is 41.3 Å². The number of nitrogens with zero attached hydrogens (tertiary/aromatic N) is 2. The smallest absolute Gasteiger partial charge is 0.210 e. The first-order chi connectivity index (χ1) is 12.2. The van der Waals surface area contributed by atoms with Crippen molar-refractivity contribution in [3.8, 4) is 5.75 Å². The molecule has 0 bridgehead atoms. The minimum Gasteiger partial charge on any atom is -0.497 e. The van der Waals surface area contributed by atoms with Gasteiger partial charge >= 0.3 is 0 Å². The fourth-order valence-electron chi connectivity index (χ4n) is 2.04. The molecule has 25 heavy (non-hydrogen) atoms. The number of thioether (sulfide) groups is 1. The fourth-order valence-corrected chi connectivity index (χ4v) is 3.69. The van der Waals surface area contributed by atoms with E-state index >= 15 is 0 Å². The van der Waals surface area contributed by atoms with Crippen molar-refractivity contribution >= 4 is 39.7 Å². The van der Waals surface area contributed by atoms with Gasteiger partial charge in [0.2, 0.25) is 5.13 Å². The van der Waals surface area contributed by atoms with Crippen LogP contribution < -0.4 is 10.1 Å². The molecule has 0 unspecified atom stereocenters. The lowest BCUT2D eigenvalue weighted by atomic mass is 10.1. The van der Waals surface area contributed by atoms with Crippen molar-refractivity contribution in [1.82, 2.24) is 10.2 Å². The highest BCUT2D eigenvalue weighted by Crippen LogP contribution is 2.29. The van der Waals surface area contributed by atoms with Crippen LogP contribution in [0.4, 0.5) is 15.2 Å². The maximum absolute atomic E-state index is 13.6. The van der Waals surface area contributed by atoms with Gasteiger partial charge in [-0.3, -0.25) is 4.79 Å². The van der Waals surface area contributed by atoms with Crippen molar-refractivity contribution in [2.45, 2.75) is 4.34 Å². The van der Waals surface area contributed by atoms with E-state index in [0.29, 0.717) is 9.47 Å². The molecule has 5 nitrogen and oxygen atoms in total. The number of Topliss-reactive ketones (excluding diaryl/α,β-unsaturated/α-hetero) is 1. The largest absolute Gasteiger partial charge is 0.497 e. The molecule has 0 saturated heterocycles. The Labute approximate surface area is 152 Å². The Hall–Kier alpha value is -2.45. The zero-order valence-corrected chi connectivity index (χ0v) is 14.9. The summed E-state index contributed by atoms with van der Waals surface area (Å²) >= 11 is 2.56. The van der Waals surface area contributed by atoms with E-state index in [2.05, 4.69) is 15.5 Å². The van der Waals surface area contributed by atoms with Crippen LogP contribution in [0.1, 0.15) is 10.4 Å². The first-order valence-electron chi connectivity index (χ1n) is 7.31. The maximum Gasteiger partial charge on any atom is 0.210 e. The first-order valence-corrected chi connectivity index (χ1v) is 9.11. The molecule has 8 heteroatoms. The predicted octanol–water partition coefficient (Wildman–Crippen LogP) is 4.40. The van der Waals surface area contributed by atoms with Crippen LogP contribution in [0.5, 0.6) is 5.75 Å². The second-order valence-corrected chi connectivity index (χ2v) is 7.12. The Balaban J connectivity index is 1.60. The van der Waals surface area contributed by atoms with Crippen LogP contribution in [0.25, 0.3) is 0 Å². The normalized spacial score (nSPS) is 10.5. The van der Waals surface area contributed by atoms with Gasteiger partial charge in [-0.25, -0.2) is 4.39 Å². The first kappa shape index (κ1) is 17.4. The number of hydrogen-bond acceptors (Lipinski definition) is 7. The van der Waals surface area contributed by atoms with Crippen LogP contribution in [0, 0.1) is 5.82 Å². The third-order valence-electron chi connectivity index (χ3n) is 3.23. The summed E-state index contributed by atoms with van der Waals surface area (Å²) in [6.45, 7) is 0. The topological polar surface area (TPSA) is 64.1 Å². The number of aromatic nitrogens is 2. The zero-order valence-electron chi connectivity index (χ0n) is 13.2. The molecule has 0 amide bonds. The summed E-state index contributed by atoms with van der Waals surface area (Å²) in [6, 6.07) is 13.4. The number of hydrogen-bond donors (Lipinski definition) is 1. The van der Waals surface area contributed by atoms with E-state index in [1.165, 1.54) is 35.2 Å². The molecule has 0 radical (unpaired) electrons.